The molecule has 2 aromatic carbocycles. The lowest BCUT2D eigenvalue weighted by Gasteiger charge is -2.06. The predicted octanol–water partition coefficient (Wildman–Crippen LogP) is 5.19. The maximum atomic E-state index is 11.1. The minimum Gasteiger partial charge on any atom is -0.481 e. The van der Waals surface area contributed by atoms with Gasteiger partial charge in [0.05, 0.1) is 10.2 Å². The van der Waals surface area contributed by atoms with E-state index in [1.807, 2.05) is 42.5 Å². The molecule has 0 unspecified atom stereocenters. The van der Waals surface area contributed by atoms with Gasteiger partial charge in [-0.25, -0.2) is 4.98 Å². The van der Waals surface area contributed by atoms with Crippen molar-refractivity contribution in [1.82, 2.24) is 4.98 Å². The van der Waals surface area contributed by atoms with E-state index < -0.39 is 5.97 Å². The number of carboxylic acids is 1. The number of allylic oxidation sites excluding steroid dienone is 1. The second kappa shape index (κ2) is 7.09. The number of nitrogens with zero attached hydrogens (tertiary/aromatic N) is 1. The number of benzene rings is 2. The summed E-state index contributed by atoms with van der Waals surface area (Å²) in [6.07, 6.45) is 2.41. The first kappa shape index (κ1) is 17.1. The maximum absolute atomic E-state index is 11.1. The largest absolute Gasteiger partial charge is 0.481 e. The second-order valence-corrected chi connectivity index (χ2v) is 7.66. The van der Waals surface area contributed by atoms with Crippen molar-refractivity contribution in [2.45, 2.75) is 12.8 Å². The molecule has 4 rings (SSSR count). The molecule has 0 saturated heterocycles. The van der Waals surface area contributed by atoms with Gasteiger partial charge in [-0.3, -0.25) is 4.79 Å². The Hall–Kier alpha value is -2.38. The number of aliphatic carboxylic acids is 1. The summed E-state index contributed by atoms with van der Waals surface area (Å²) in [6, 6.07) is 11.6. The summed E-state index contributed by atoms with van der Waals surface area (Å²) in [5, 5.41) is 9.94. The van der Waals surface area contributed by atoms with Crippen molar-refractivity contribution in [3.05, 3.63) is 51.4 Å². The van der Waals surface area contributed by atoms with E-state index in [-0.39, 0.29) is 13.2 Å². The molecule has 0 radical (unpaired) electrons. The highest BCUT2D eigenvalue weighted by atomic mass is 79.9. The summed E-state index contributed by atoms with van der Waals surface area (Å²) in [4.78, 5) is 15.8. The van der Waals surface area contributed by atoms with Gasteiger partial charge in [0.1, 0.15) is 5.01 Å². The Morgan fingerprint density at radius 2 is 2.00 bits per heavy atom. The van der Waals surface area contributed by atoms with Crippen LogP contribution < -0.4 is 9.47 Å². The third-order valence-electron chi connectivity index (χ3n) is 4.00. The number of rotatable bonds is 5. The molecule has 5 nitrogen and oxygen atoms in total. The van der Waals surface area contributed by atoms with E-state index in [1.165, 1.54) is 0 Å². The van der Waals surface area contributed by atoms with E-state index >= 15 is 0 Å². The van der Waals surface area contributed by atoms with E-state index in [9.17, 15) is 4.79 Å². The van der Waals surface area contributed by atoms with Crippen molar-refractivity contribution >= 4 is 55.1 Å². The minimum absolute atomic E-state index is 0.0456. The lowest BCUT2D eigenvalue weighted by molar-refractivity contribution is -0.136. The highest BCUT2D eigenvalue weighted by molar-refractivity contribution is 9.10. The number of thiazole rings is 1. The van der Waals surface area contributed by atoms with Gasteiger partial charge in [-0.15, -0.1) is 11.3 Å². The minimum atomic E-state index is -0.832. The highest BCUT2D eigenvalue weighted by Crippen LogP contribution is 2.39. The summed E-state index contributed by atoms with van der Waals surface area (Å²) < 4.78 is 12.8. The number of carbonyl (C=O) groups is 1. The first-order valence-corrected chi connectivity index (χ1v) is 9.58. The molecule has 0 saturated carbocycles. The van der Waals surface area contributed by atoms with Gasteiger partial charge in [-0.1, -0.05) is 28.1 Å². The van der Waals surface area contributed by atoms with Gasteiger partial charge in [-0.05, 0) is 47.9 Å². The number of para-hydroxylation sites is 1. The maximum Gasteiger partial charge on any atom is 0.303 e. The second-order valence-electron chi connectivity index (χ2n) is 5.78. The van der Waals surface area contributed by atoms with Crippen LogP contribution in [0.15, 0.2) is 40.9 Å². The normalized spacial score (nSPS) is 13.3. The van der Waals surface area contributed by atoms with E-state index in [0.717, 1.165) is 30.8 Å². The molecule has 0 bridgehead atoms. The number of aromatic nitrogens is 1. The number of hydrogen-bond donors (Lipinski definition) is 1. The Labute approximate surface area is 162 Å². The fourth-order valence-corrected chi connectivity index (χ4v) is 4.17. The number of hydrogen-bond acceptors (Lipinski definition) is 5. The van der Waals surface area contributed by atoms with E-state index in [1.54, 1.807) is 11.3 Å². The fraction of sp³-hybridized carbons (Fsp3) is 0.158. The lowest BCUT2D eigenvalue weighted by Crippen LogP contribution is -1.95. The van der Waals surface area contributed by atoms with Crippen LogP contribution in [0.25, 0.3) is 21.9 Å². The molecule has 0 aliphatic carbocycles. The molecule has 1 aliphatic rings. The molecule has 132 valence electrons. The molecule has 3 aromatic rings. The van der Waals surface area contributed by atoms with Gasteiger partial charge < -0.3 is 14.6 Å². The zero-order chi connectivity index (χ0) is 18.1. The molecule has 1 N–H and O–H groups in total. The highest BCUT2D eigenvalue weighted by Gasteiger charge is 2.17. The Balaban J connectivity index is 1.77. The molecule has 1 aromatic heterocycles. The zero-order valence-electron chi connectivity index (χ0n) is 13.6. The Bertz CT molecular complexity index is 995. The molecule has 0 atom stereocenters. The first-order chi connectivity index (χ1) is 12.6. The smallest absolute Gasteiger partial charge is 0.303 e. The van der Waals surface area contributed by atoms with Crippen molar-refractivity contribution in [3.8, 4) is 11.5 Å². The summed E-state index contributed by atoms with van der Waals surface area (Å²) in [6.45, 7) is 0.207. The molecule has 0 amide bonds. The Morgan fingerprint density at radius 1 is 1.23 bits per heavy atom. The number of ether oxygens (including phenoxy) is 2. The van der Waals surface area contributed by atoms with Crippen LogP contribution in [0.1, 0.15) is 23.4 Å². The molecule has 0 fully saturated rings. The predicted molar refractivity (Wildman–Crippen MR) is 105 cm³/mol. The van der Waals surface area contributed by atoms with Crippen molar-refractivity contribution in [1.29, 1.82) is 0 Å². The number of fused-ring (bicyclic) bond motifs is 2. The van der Waals surface area contributed by atoms with Crippen molar-refractivity contribution in [2.75, 3.05) is 6.79 Å². The zero-order valence-corrected chi connectivity index (χ0v) is 16.0. The molecule has 2 heterocycles. The number of carboxylic acid groups (broad SMARTS) is 1. The average Bonchev–Trinajstić information content (AvgIpc) is 3.24. The fourth-order valence-electron chi connectivity index (χ4n) is 2.72. The van der Waals surface area contributed by atoms with Gasteiger partial charge in [0.15, 0.2) is 11.5 Å². The van der Waals surface area contributed by atoms with Crippen LogP contribution in [-0.2, 0) is 4.79 Å². The Morgan fingerprint density at radius 3 is 2.77 bits per heavy atom. The van der Waals surface area contributed by atoms with E-state index in [2.05, 4.69) is 20.9 Å². The summed E-state index contributed by atoms with van der Waals surface area (Å²) in [7, 11) is 0. The number of halogens is 1. The quantitative estimate of drug-likeness (QED) is 0.601. The third kappa shape index (κ3) is 3.45. The van der Waals surface area contributed by atoms with Crippen LogP contribution in [-0.4, -0.2) is 22.9 Å². The van der Waals surface area contributed by atoms with Gasteiger partial charge in [0.25, 0.3) is 0 Å². The van der Waals surface area contributed by atoms with Crippen molar-refractivity contribution < 1.29 is 19.4 Å². The standard InChI is InChI=1S/C19H14BrNO4S/c20-13-9-16-15(24-10-25-16)8-12(13)7-11(5-6-18(22)23)19-21-14-3-1-2-4-17(14)26-19/h1-4,7-9H,5-6,10H2,(H,22,23). The van der Waals surface area contributed by atoms with Crippen LogP contribution in [0, 0.1) is 0 Å². The molecule has 1 aliphatic heterocycles. The van der Waals surface area contributed by atoms with E-state index in [0.29, 0.717) is 17.9 Å². The van der Waals surface area contributed by atoms with Crippen LogP contribution in [0.4, 0.5) is 0 Å². The SMILES string of the molecule is O=C(O)CCC(=Cc1cc2c(cc1Br)OCO2)c1nc2ccccc2s1. The molecular weight excluding hydrogens is 418 g/mol. The van der Waals surface area contributed by atoms with Crippen molar-refractivity contribution in [3.63, 3.8) is 0 Å². The van der Waals surface area contributed by atoms with E-state index in [4.69, 9.17) is 14.6 Å². The van der Waals surface area contributed by atoms with Gasteiger partial charge in [0, 0.05) is 10.9 Å². The molecule has 7 heteroatoms. The van der Waals surface area contributed by atoms with Crippen LogP contribution >= 0.6 is 27.3 Å². The topological polar surface area (TPSA) is 68.7 Å². The summed E-state index contributed by atoms with van der Waals surface area (Å²) in [5.74, 6) is 0.546. The lowest BCUT2D eigenvalue weighted by atomic mass is 10.1. The van der Waals surface area contributed by atoms with Crippen LogP contribution in [0.5, 0.6) is 11.5 Å². The molecule has 26 heavy (non-hydrogen) atoms. The third-order valence-corrected chi connectivity index (χ3v) is 5.80. The van der Waals surface area contributed by atoms with Gasteiger partial charge >= 0.3 is 5.97 Å². The monoisotopic (exact) mass is 431 g/mol. The Kier molecular flexibility index (Phi) is 4.65. The molecule has 0 spiro atoms. The first-order valence-electron chi connectivity index (χ1n) is 7.97. The molecular formula is C19H14BrNO4S. The van der Waals surface area contributed by atoms with Crippen molar-refractivity contribution in [2.24, 2.45) is 0 Å². The van der Waals surface area contributed by atoms with Gasteiger partial charge in [0.2, 0.25) is 6.79 Å². The van der Waals surface area contributed by atoms with Gasteiger partial charge in [-0.2, -0.15) is 0 Å². The summed E-state index contributed by atoms with van der Waals surface area (Å²) in [5.41, 5.74) is 2.69. The summed E-state index contributed by atoms with van der Waals surface area (Å²) >= 11 is 5.12. The van der Waals surface area contributed by atoms with Crippen LogP contribution in [0.2, 0.25) is 0 Å². The van der Waals surface area contributed by atoms with Crippen LogP contribution in [0.3, 0.4) is 0 Å². The average molecular weight is 432 g/mol.